The molecule has 10 heteroatoms. The third kappa shape index (κ3) is 10.3. The number of ether oxygens (including phenoxy) is 3. The fourth-order valence-corrected chi connectivity index (χ4v) is 3.96. The topological polar surface area (TPSA) is 132 Å². The van der Waals surface area contributed by atoms with Gasteiger partial charge in [0.15, 0.2) is 0 Å². The Morgan fingerprint density at radius 2 is 1.50 bits per heavy atom. The molecule has 3 aromatic carbocycles. The third-order valence-corrected chi connectivity index (χ3v) is 5.96. The van der Waals surface area contributed by atoms with Gasteiger partial charge in [0.2, 0.25) is 5.91 Å². The lowest BCUT2D eigenvalue weighted by Gasteiger charge is -2.24. The Labute approximate surface area is 245 Å². The fourth-order valence-electron chi connectivity index (χ4n) is 3.96. The van der Waals surface area contributed by atoms with Gasteiger partial charge in [-0.1, -0.05) is 60.7 Å². The molecule has 3 rings (SSSR count). The molecule has 0 aliphatic carbocycles. The van der Waals surface area contributed by atoms with Crippen LogP contribution in [0.25, 0.3) is 11.1 Å². The molecule has 0 aliphatic rings. The summed E-state index contributed by atoms with van der Waals surface area (Å²) in [5.74, 6) is -0.899. The van der Waals surface area contributed by atoms with Gasteiger partial charge in [-0.05, 0) is 62.9 Å². The largest absolute Gasteiger partial charge is 0.465 e. The van der Waals surface area contributed by atoms with E-state index in [2.05, 4.69) is 16.0 Å². The van der Waals surface area contributed by atoms with Crippen LogP contribution in [0.4, 0.5) is 15.3 Å². The van der Waals surface area contributed by atoms with Crippen LogP contribution in [0.3, 0.4) is 0 Å². The first-order chi connectivity index (χ1) is 20.1. The van der Waals surface area contributed by atoms with Crippen molar-refractivity contribution in [3.05, 3.63) is 90.0 Å². The number of nitrogens with one attached hydrogen (secondary N) is 3. The van der Waals surface area contributed by atoms with Gasteiger partial charge >= 0.3 is 18.2 Å². The maximum atomic E-state index is 13.4. The van der Waals surface area contributed by atoms with Crippen molar-refractivity contribution in [2.24, 2.45) is 0 Å². The first kappa shape index (κ1) is 31.7. The van der Waals surface area contributed by atoms with Gasteiger partial charge in [0.25, 0.3) is 0 Å². The van der Waals surface area contributed by atoms with Crippen LogP contribution in [-0.4, -0.2) is 49.4 Å². The number of hydrogen-bond acceptors (Lipinski definition) is 7. The summed E-state index contributed by atoms with van der Waals surface area (Å²) in [6.45, 7) is 5.57. The molecule has 1 atom stereocenters. The first-order valence-electron chi connectivity index (χ1n) is 13.6. The highest BCUT2D eigenvalue weighted by atomic mass is 16.6. The van der Waals surface area contributed by atoms with Crippen LogP contribution in [0.5, 0.6) is 0 Å². The number of carbonyl (C=O) groups excluding carboxylic acids is 4. The zero-order valence-corrected chi connectivity index (χ0v) is 24.3. The summed E-state index contributed by atoms with van der Waals surface area (Å²) in [5, 5.41) is 8.21. The second-order valence-corrected chi connectivity index (χ2v) is 10.4. The van der Waals surface area contributed by atoms with Crippen LogP contribution in [-0.2, 0) is 25.6 Å². The molecule has 0 unspecified atom stereocenters. The molecule has 3 N–H and O–H groups in total. The van der Waals surface area contributed by atoms with Crippen molar-refractivity contribution in [3.8, 4) is 11.1 Å². The highest BCUT2D eigenvalue weighted by Gasteiger charge is 2.25. The average Bonchev–Trinajstić information content (AvgIpc) is 2.97. The lowest BCUT2D eigenvalue weighted by atomic mass is 10.0. The molecule has 0 spiro atoms. The van der Waals surface area contributed by atoms with E-state index in [0.29, 0.717) is 17.7 Å². The molecule has 3 amide bonds. The summed E-state index contributed by atoms with van der Waals surface area (Å²) in [6, 6.07) is 22.4. The standard InChI is InChI=1S/C32H37N3O7/c1-32(2,3)42-31(39)35-27(15-10-20-33-30(38)41-21-22-11-6-5-7-12-22)28(36)34-26-14-9-8-13-25(26)23-16-18-24(19-17-23)29(37)40-4/h5-9,11-14,16-19,27H,10,15,20-21H2,1-4H3,(H,33,38)(H,34,36)(H,35,39)/t27-/m0/s1. The molecule has 0 heterocycles. The molecule has 0 saturated carbocycles. The number of amides is 3. The predicted octanol–water partition coefficient (Wildman–Crippen LogP) is 5.68. The van der Waals surface area contributed by atoms with Gasteiger partial charge in [-0.3, -0.25) is 4.79 Å². The van der Waals surface area contributed by atoms with Crippen LogP contribution in [0.1, 0.15) is 49.5 Å². The average molecular weight is 576 g/mol. The van der Waals surface area contributed by atoms with Crippen LogP contribution in [0.2, 0.25) is 0 Å². The summed E-state index contributed by atoms with van der Waals surface area (Å²) in [4.78, 5) is 49.9. The van der Waals surface area contributed by atoms with Crippen molar-refractivity contribution in [1.29, 1.82) is 0 Å². The molecule has 222 valence electrons. The first-order valence-corrected chi connectivity index (χ1v) is 13.6. The summed E-state index contributed by atoms with van der Waals surface area (Å²) in [6.07, 6.45) is -0.706. The van der Waals surface area contributed by atoms with Crippen molar-refractivity contribution >= 4 is 29.8 Å². The van der Waals surface area contributed by atoms with Crippen molar-refractivity contribution in [3.63, 3.8) is 0 Å². The van der Waals surface area contributed by atoms with E-state index in [1.807, 2.05) is 42.5 Å². The normalized spacial score (nSPS) is 11.5. The zero-order valence-electron chi connectivity index (χ0n) is 24.3. The smallest absolute Gasteiger partial charge is 0.408 e. The van der Waals surface area contributed by atoms with E-state index in [9.17, 15) is 19.2 Å². The third-order valence-electron chi connectivity index (χ3n) is 5.96. The Kier molecular flexibility index (Phi) is 11.5. The van der Waals surface area contributed by atoms with Crippen molar-refractivity contribution in [1.82, 2.24) is 10.6 Å². The van der Waals surface area contributed by atoms with Crippen LogP contribution in [0, 0.1) is 0 Å². The number of esters is 1. The van der Waals surface area contributed by atoms with Crippen LogP contribution in [0.15, 0.2) is 78.9 Å². The minimum Gasteiger partial charge on any atom is -0.465 e. The van der Waals surface area contributed by atoms with E-state index in [0.717, 1.165) is 16.7 Å². The van der Waals surface area contributed by atoms with E-state index >= 15 is 0 Å². The molecular formula is C32H37N3O7. The molecule has 0 saturated heterocycles. The highest BCUT2D eigenvalue weighted by molar-refractivity contribution is 6.00. The summed E-state index contributed by atoms with van der Waals surface area (Å²) in [5.41, 5.74) is 2.53. The number of benzene rings is 3. The van der Waals surface area contributed by atoms with Crippen molar-refractivity contribution < 1.29 is 33.4 Å². The molecular weight excluding hydrogens is 538 g/mol. The molecule has 42 heavy (non-hydrogen) atoms. The van der Waals surface area contributed by atoms with Gasteiger partial charge in [0.05, 0.1) is 12.7 Å². The number of anilines is 1. The van der Waals surface area contributed by atoms with E-state index in [1.54, 1.807) is 57.2 Å². The Balaban J connectivity index is 1.65. The second-order valence-electron chi connectivity index (χ2n) is 10.4. The van der Waals surface area contributed by atoms with Gasteiger partial charge in [-0.15, -0.1) is 0 Å². The zero-order chi connectivity index (χ0) is 30.5. The molecule has 0 fully saturated rings. The molecule has 10 nitrogen and oxygen atoms in total. The highest BCUT2D eigenvalue weighted by Crippen LogP contribution is 2.28. The molecule has 0 aliphatic heterocycles. The minimum atomic E-state index is -0.947. The van der Waals surface area contributed by atoms with E-state index in [4.69, 9.17) is 14.2 Å². The number of carbonyl (C=O) groups is 4. The van der Waals surface area contributed by atoms with Gasteiger partial charge in [0, 0.05) is 17.8 Å². The SMILES string of the molecule is COC(=O)c1ccc(-c2ccccc2NC(=O)[C@H](CCCNC(=O)OCc2ccccc2)NC(=O)OC(C)(C)C)cc1. The van der Waals surface area contributed by atoms with Gasteiger partial charge < -0.3 is 30.2 Å². The number of rotatable bonds is 11. The van der Waals surface area contributed by atoms with Gasteiger partial charge in [-0.2, -0.15) is 0 Å². The number of hydrogen-bond donors (Lipinski definition) is 3. The van der Waals surface area contributed by atoms with Crippen LogP contribution >= 0.6 is 0 Å². The maximum Gasteiger partial charge on any atom is 0.408 e. The minimum absolute atomic E-state index is 0.142. The molecule has 0 radical (unpaired) electrons. The molecule has 0 aromatic heterocycles. The Bertz CT molecular complexity index is 1350. The van der Waals surface area contributed by atoms with Crippen LogP contribution < -0.4 is 16.0 Å². The lowest BCUT2D eigenvalue weighted by molar-refractivity contribution is -0.118. The quantitative estimate of drug-likeness (QED) is 0.152. The summed E-state index contributed by atoms with van der Waals surface area (Å²) in [7, 11) is 1.32. The lowest BCUT2D eigenvalue weighted by Crippen LogP contribution is -2.46. The van der Waals surface area contributed by atoms with E-state index < -0.39 is 35.7 Å². The number of para-hydroxylation sites is 1. The van der Waals surface area contributed by atoms with Gasteiger partial charge in [-0.25, -0.2) is 14.4 Å². The van der Waals surface area contributed by atoms with E-state index in [-0.39, 0.29) is 19.6 Å². The maximum absolute atomic E-state index is 13.4. The Morgan fingerprint density at radius 1 is 0.833 bits per heavy atom. The fraction of sp³-hybridized carbons (Fsp3) is 0.312. The number of alkyl carbamates (subject to hydrolysis) is 2. The monoisotopic (exact) mass is 575 g/mol. The van der Waals surface area contributed by atoms with Crippen molar-refractivity contribution in [2.75, 3.05) is 19.0 Å². The van der Waals surface area contributed by atoms with Gasteiger partial charge in [0.1, 0.15) is 18.2 Å². The summed E-state index contributed by atoms with van der Waals surface area (Å²) < 4.78 is 15.3. The van der Waals surface area contributed by atoms with E-state index in [1.165, 1.54) is 7.11 Å². The molecule has 0 bridgehead atoms. The predicted molar refractivity (Wildman–Crippen MR) is 159 cm³/mol. The number of methoxy groups -OCH3 is 1. The summed E-state index contributed by atoms with van der Waals surface area (Å²) >= 11 is 0. The Hall–Kier alpha value is -4.86. The Morgan fingerprint density at radius 3 is 2.17 bits per heavy atom. The second kappa shape index (κ2) is 15.2. The molecule has 3 aromatic rings. The van der Waals surface area contributed by atoms with Crippen molar-refractivity contribution in [2.45, 2.75) is 51.9 Å².